The highest BCUT2D eigenvalue weighted by Gasteiger charge is 2.15. The summed E-state index contributed by atoms with van der Waals surface area (Å²) in [7, 11) is 1.62. The number of fused-ring (bicyclic) bond motifs is 1. The Balaban J connectivity index is 2.47. The smallest absolute Gasteiger partial charge is 0.272 e. The number of nitrogens with one attached hydrogen (secondary N) is 1. The van der Waals surface area contributed by atoms with Crippen molar-refractivity contribution in [2.45, 2.75) is 0 Å². The number of nitrogens with two attached hydrogens (primary N) is 1. The van der Waals surface area contributed by atoms with E-state index in [1.165, 1.54) is 4.90 Å². The zero-order valence-corrected chi connectivity index (χ0v) is 10.6. The molecule has 1 aromatic carbocycles. The summed E-state index contributed by atoms with van der Waals surface area (Å²) in [5, 5.41) is 10.6. The van der Waals surface area contributed by atoms with Gasteiger partial charge in [-0.1, -0.05) is 24.3 Å². The van der Waals surface area contributed by atoms with Crippen LogP contribution in [0.4, 0.5) is 5.82 Å². The number of benzene rings is 1. The van der Waals surface area contributed by atoms with E-state index in [1.54, 1.807) is 13.1 Å². The summed E-state index contributed by atoms with van der Waals surface area (Å²) >= 11 is 0. The molecular formula is C13H16N4O2. The number of amides is 1. The molecular weight excluding hydrogens is 244 g/mol. The molecule has 1 amide bonds. The maximum Gasteiger partial charge on any atom is 0.272 e. The highest BCUT2D eigenvalue weighted by molar-refractivity contribution is 6.00. The van der Waals surface area contributed by atoms with Crippen molar-refractivity contribution in [3.63, 3.8) is 0 Å². The van der Waals surface area contributed by atoms with Gasteiger partial charge in [-0.15, -0.1) is 0 Å². The maximum absolute atomic E-state index is 12.1. The highest BCUT2D eigenvalue weighted by Crippen LogP contribution is 2.22. The number of aliphatic hydroxyl groups is 1. The molecule has 0 fully saturated rings. The van der Waals surface area contributed by atoms with E-state index in [9.17, 15) is 4.79 Å². The summed E-state index contributed by atoms with van der Waals surface area (Å²) in [6.07, 6.45) is 0. The van der Waals surface area contributed by atoms with Crippen LogP contribution in [-0.4, -0.2) is 41.1 Å². The minimum absolute atomic E-state index is 0.0855. The summed E-state index contributed by atoms with van der Waals surface area (Å²) in [6, 6.07) is 9.24. The third kappa shape index (κ3) is 2.64. The van der Waals surface area contributed by atoms with Gasteiger partial charge in [-0.3, -0.25) is 4.79 Å². The molecule has 1 heterocycles. The van der Waals surface area contributed by atoms with Crippen molar-refractivity contribution in [2.75, 3.05) is 25.6 Å². The number of hydrogen-bond acceptors (Lipinski definition) is 5. The Morgan fingerprint density at radius 1 is 1.47 bits per heavy atom. The summed E-state index contributed by atoms with van der Waals surface area (Å²) in [6.45, 7) is 0.177. The lowest BCUT2D eigenvalue weighted by Gasteiger charge is -2.16. The predicted octanol–water partition coefficient (Wildman–Crippen LogP) is 0.585. The topological polar surface area (TPSA) is 91.5 Å². The van der Waals surface area contributed by atoms with Gasteiger partial charge in [0.15, 0.2) is 0 Å². The second-order valence-electron chi connectivity index (χ2n) is 4.17. The summed E-state index contributed by atoms with van der Waals surface area (Å²) in [5.41, 5.74) is 2.80. The number of carbonyl (C=O) groups is 1. The number of carbonyl (C=O) groups excluding carboxylic acids is 1. The highest BCUT2D eigenvalue weighted by atomic mass is 16.3. The number of hydrazine groups is 1. The van der Waals surface area contributed by atoms with Crippen molar-refractivity contribution >= 4 is 22.5 Å². The van der Waals surface area contributed by atoms with E-state index in [0.29, 0.717) is 11.5 Å². The zero-order chi connectivity index (χ0) is 13.8. The zero-order valence-electron chi connectivity index (χ0n) is 10.6. The number of aliphatic hydroxyl groups excluding tert-OH is 1. The van der Waals surface area contributed by atoms with Crippen LogP contribution >= 0.6 is 0 Å². The molecule has 0 atom stereocenters. The molecule has 2 aromatic rings. The molecule has 19 heavy (non-hydrogen) atoms. The Morgan fingerprint density at radius 2 is 2.21 bits per heavy atom. The average molecular weight is 260 g/mol. The number of aromatic nitrogens is 1. The number of anilines is 1. The molecule has 1 aromatic heterocycles. The van der Waals surface area contributed by atoms with Crippen LogP contribution in [0.5, 0.6) is 0 Å². The van der Waals surface area contributed by atoms with Crippen LogP contribution in [-0.2, 0) is 0 Å². The SMILES string of the molecule is CN(CCO)C(=O)c1cc2ccccc2c(NN)n1. The van der Waals surface area contributed by atoms with Crippen molar-refractivity contribution < 1.29 is 9.90 Å². The fourth-order valence-electron chi connectivity index (χ4n) is 1.87. The second-order valence-corrected chi connectivity index (χ2v) is 4.17. The number of nitrogen functional groups attached to an aromatic ring is 1. The maximum atomic E-state index is 12.1. The van der Waals surface area contributed by atoms with Crippen LogP contribution < -0.4 is 11.3 Å². The second kappa shape index (κ2) is 5.64. The Morgan fingerprint density at radius 3 is 2.89 bits per heavy atom. The standard InChI is InChI=1S/C13H16N4O2/c1-17(6-7-18)13(19)11-8-9-4-2-3-5-10(9)12(15-11)16-14/h2-5,8,18H,6-7,14H2,1H3,(H,15,16). The monoisotopic (exact) mass is 260 g/mol. The first-order valence-corrected chi connectivity index (χ1v) is 5.90. The average Bonchev–Trinajstić information content (AvgIpc) is 2.45. The number of likely N-dealkylation sites (N-methyl/N-ethyl adjacent to an activating group) is 1. The first kappa shape index (κ1) is 13.3. The molecule has 0 radical (unpaired) electrons. The van der Waals surface area contributed by atoms with Crippen molar-refractivity contribution in [3.05, 3.63) is 36.0 Å². The normalized spacial score (nSPS) is 10.5. The molecule has 0 spiro atoms. The summed E-state index contributed by atoms with van der Waals surface area (Å²) in [5.74, 6) is 5.65. The van der Waals surface area contributed by atoms with E-state index < -0.39 is 0 Å². The van der Waals surface area contributed by atoms with Crippen molar-refractivity contribution in [1.82, 2.24) is 9.88 Å². The first-order valence-electron chi connectivity index (χ1n) is 5.90. The molecule has 6 nitrogen and oxygen atoms in total. The van der Waals surface area contributed by atoms with Gasteiger partial charge in [-0.25, -0.2) is 10.8 Å². The molecule has 0 aliphatic rings. The summed E-state index contributed by atoms with van der Waals surface area (Å²) < 4.78 is 0. The van der Waals surface area contributed by atoms with Gasteiger partial charge in [0, 0.05) is 19.0 Å². The van der Waals surface area contributed by atoms with Gasteiger partial charge in [0.2, 0.25) is 0 Å². The lowest BCUT2D eigenvalue weighted by molar-refractivity contribution is 0.0761. The van der Waals surface area contributed by atoms with Gasteiger partial charge in [0.25, 0.3) is 5.91 Å². The van der Waals surface area contributed by atoms with Crippen LogP contribution in [0.3, 0.4) is 0 Å². The predicted molar refractivity (Wildman–Crippen MR) is 73.6 cm³/mol. The quantitative estimate of drug-likeness (QED) is 0.552. The Bertz CT molecular complexity index is 600. The molecule has 0 bridgehead atoms. The number of pyridine rings is 1. The minimum atomic E-state index is -0.253. The van der Waals surface area contributed by atoms with Crippen LogP contribution in [0, 0.1) is 0 Å². The fourth-order valence-corrected chi connectivity index (χ4v) is 1.87. The third-order valence-electron chi connectivity index (χ3n) is 2.88. The summed E-state index contributed by atoms with van der Waals surface area (Å²) in [4.78, 5) is 17.8. The van der Waals surface area contributed by atoms with Crippen LogP contribution in [0.15, 0.2) is 30.3 Å². The van der Waals surface area contributed by atoms with Gasteiger partial charge < -0.3 is 15.4 Å². The molecule has 0 aliphatic heterocycles. The van der Waals surface area contributed by atoms with Gasteiger partial charge in [0.05, 0.1) is 6.61 Å². The Kier molecular flexibility index (Phi) is 3.94. The van der Waals surface area contributed by atoms with Crippen molar-refractivity contribution in [1.29, 1.82) is 0 Å². The molecule has 2 rings (SSSR count). The van der Waals surface area contributed by atoms with Gasteiger partial charge in [0.1, 0.15) is 11.5 Å². The van der Waals surface area contributed by atoms with Crippen molar-refractivity contribution in [3.8, 4) is 0 Å². The van der Waals surface area contributed by atoms with Crippen LogP contribution in [0.2, 0.25) is 0 Å². The molecule has 0 aliphatic carbocycles. The van der Waals surface area contributed by atoms with E-state index in [0.717, 1.165) is 10.8 Å². The third-order valence-corrected chi connectivity index (χ3v) is 2.88. The first-order chi connectivity index (χ1) is 9.17. The molecule has 6 heteroatoms. The molecule has 0 unspecified atom stereocenters. The van der Waals surface area contributed by atoms with Gasteiger partial charge in [-0.05, 0) is 11.5 Å². The van der Waals surface area contributed by atoms with Gasteiger partial charge >= 0.3 is 0 Å². The molecule has 0 saturated heterocycles. The fraction of sp³-hybridized carbons (Fsp3) is 0.231. The number of nitrogens with zero attached hydrogens (tertiary/aromatic N) is 2. The molecule has 4 N–H and O–H groups in total. The van der Waals surface area contributed by atoms with Crippen LogP contribution in [0.25, 0.3) is 10.8 Å². The Hall–Kier alpha value is -2.18. The molecule has 0 saturated carbocycles. The van der Waals surface area contributed by atoms with E-state index in [1.807, 2.05) is 24.3 Å². The van der Waals surface area contributed by atoms with Crippen LogP contribution in [0.1, 0.15) is 10.5 Å². The lowest BCUT2D eigenvalue weighted by Crippen LogP contribution is -2.30. The molecule has 100 valence electrons. The van der Waals surface area contributed by atoms with E-state index >= 15 is 0 Å². The minimum Gasteiger partial charge on any atom is -0.395 e. The number of rotatable bonds is 4. The largest absolute Gasteiger partial charge is 0.395 e. The van der Waals surface area contributed by atoms with Crippen molar-refractivity contribution in [2.24, 2.45) is 5.84 Å². The van der Waals surface area contributed by atoms with E-state index in [-0.39, 0.29) is 19.1 Å². The Labute approximate surface area is 110 Å². The van der Waals surface area contributed by atoms with E-state index in [4.69, 9.17) is 10.9 Å². The van der Waals surface area contributed by atoms with Gasteiger partial charge in [-0.2, -0.15) is 0 Å². The van der Waals surface area contributed by atoms with E-state index in [2.05, 4.69) is 10.4 Å². The lowest BCUT2D eigenvalue weighted by atomic mass is 10.1. The number of hydrogen-bond donors (Lipinski definition) is 3.